The molecule has 1 aliphatic carbocycles. The molecule has 5 heteroatoms. The number of amides is 1. The van der Waals surface area contributed by atoms with Crippen molar-refractivity contribution in [3.05, 3.63) is 64.1 Å². The molecule has 3 N–H and O–H groups in total. The Morgan fingerprint density at radius 3 is 2.74 bits per heavy atom. The van der Waals surface area contributed by atoms with Gasteiger partial charge in [-0.25, -0.2) is 0 Å². The second-order valence-corrected chi connectivity index (χ2v) is 6.70. The third-order valence-electron chi connectivity index (χ3n) is 3.93. The number of nitrogens with one attached hydrogen (secondary N) is 1. The van der Waals surface area contributed by atoms with Crippen molar-refractivity contribution in [3.8, 4) is 5.75 Å². The zero-order valence-electron chi connectivity index (χ0n) is 12.7. The molecule has 1 amide bonds. The summed E-state index contributed by atoms with van der Waals surface area (Å²) in [4.78, 5) is 10.8. The molecule has 0 bridgehead atoms. The fraction of sp³-hybridized carbons (Fsp3) is 0.278. The molecule has 3 rings (SSSR count). The number of carbonyl (C=O) groups is 1. The quantitative estimate of drug-likeness (QED) is 0.782. The van der Waals surface area contributed by atoms with Gasteiger partial charge in [-0.1, -0.05) is 40.2 Å². The van der Waals surface area contributed by atoms with E-state index in [9.17, 15) is 4.79 Å². The predicted molar refractivity (Wildman–Crippen MR) is 93.3 cm³/mol. The number of hydrogen-bond acceptors (Lipinski definition) is 3. The maximum atomic E-state index is 10.8. The molecule has 0 spiro atoms. The fourth-order valence-electron chi connectivity index (χ4n) is 2.63. The molecule has 23 heavy (non-hydrogen) atoms. The number of ether oxygens (including phenoxy) is 1. The summed E-state index contributed by atoms with van der Waals surface area (Å²) in [6.07, 6.45) is 1.05. The monoisotopic (exact) mass is 374 g/mol. The number of hydrogen-bond donors (Lipinski definition) is 2. The van der Waals surface area contributed by atoms with Crippen LogP contribution in [0.25, 0.3) is 0 Å². The van der Waals surface area contributed by atoms with Gasteiger partial charge in [0.15, 0.2) is 0 Å². The highest BCUT2D eigenvalue weighted by atomic mass is 79.9. The van der Waals surface area contributed by atoms with E-state index >= 15 is 0 Å². The molecule has 0 aromatic heterocycles. The highest BCUT2D eigenvalue weighted by Gasteiger charge is 2.37. The van der Waals surface area contributed by atoms with Gasteiger partial charge >= 0.3 is 0 Å². The Morgan fingerprint density at radius 2 is 2.04 bits per heavy atom. The lowest BCUT2D eigenvalue weighted by atomic mass is 10.1. The molecule has 4 nitrogen and oxygen atoms in total. The van der Waals surface area contributed by atoms with Crippen LogP contribution in [0.3, 0.4) is 0 Å². The first-order valence-corrected chi connectivity index (χ1v) is 8.40. The van der Waals surface area contributed by atoms with Gasteiger partial charge in [0.2, 0.25) is 5.91 Å². The lowest BCUT2D eigenvalue weighted by molar-refractivity contribution is -0.117. The second kappa shape index (κ2) is 7.15. The molecule has 0 heterocycles. The van der Waals surface area contributed by atoms with E-state index in [0.29, 0.717) is 18.6 Å². The highest BCUT2D eigenvalue weighted by Crippen LogP contribution is 2.41. The molecule has 1 fully saturated rings. The molecule has 120 valence electrons. The summed E-state index contributed by atoms with van der Waals surface area (Å²) >= 11 is 3.46. The number of primary amides is 1. The van der Waals surface area contributed by atoms with Gasteiger partial charge in [-0.2, -0.15) is 0 Å². The lowest BCUT2D eigenvalue weighted by Gasteiger charge is -2.08. The van der Waals surface area contributed by atoms with Gasteiger partial charge in [-0.3, -0.25) is 4.79 Å². The number of halogens is 1. The van der Waals surface area contributed by atoms with Crippen LogP contribution in [0.2, 0.25) is 0 Å². The summed E-state index contributed by atoms with van der Waals surface area (Å²) in [5, 5.41) is 3.16. The normalized spacial score (nSPS) is 19.3. The fourth-order valence-corrected chi connectivity index (χ4v) is 3.07. The lowest BCUT2D eigenvalue weighted by Crippen LogP contribution is -2.30. The van der Waals surface area contributed by atoms with E-state index in [4.69, 9.17) is 10.5 Å². The van der Waals surface area contributed by atoms with Crippen LogP contribution in [-0.4, -0.2) is 18.5 Å². The van der Waals surface area contributed by atoms with E-state index in [1.54, 1.807) is 0 Å². The third-order valence-corrected chi connectivity index (χ3v) is 4.42. The average molecular weight is 375 g/mol. The van der Waals surface area contributed by atoms with Crippen LogP contribution in [0.1, 0.15) is 23.5 Å². The Balaban J connectivity index is 1.51. The van der Waals surface area contributed by atoms with Crippen molar-refractivity contribution in [2.24, 2.45) is 5.73 Å². The predicted octanol–water partition coefficient (Wildman–Crippen LogP) is 2.96. The summed E-state index contributed by atoms with van der Waals surface area (Å²) < 4.78 is 6.86. The summed E-state index contributed by atoms with van der Waals surface area (Å²) in [6.45, 7) is 0.792. The molecule has 0 aliphatic heterocycles. The average Bonchev–Trinajstić information content (AvgIpc) is 3.31. The Bertz CT molecular complexity index is 688. The first-order chi connectivity index (χ1) is 11.1. The van der Waals surface area contributed by atoms with E-state index in [1.807, 2.05) is 36.4 Å². The molecule has 2 aromatic carbocycles. The van der Waals surface area contributed by atoms with Crippen LogP contribution >= 0.6 is 15.9 Å². The van der Waals surface area contributed by atoms with Crippen molar-refractivity contribution in [2.45, 2.75) is 25.0 Å². The summed E-state index contributed by atoms with van der Waals surface area (Å²) in [6, 6.07) is 16.6. The van der Waals surface area contributed by atoms with Crippen molar-refractivity contribution in [1.82, 2.24) is 5.32 Å². The molecule has 1 saturated carbocycles. The van der Waals surface area contributed by atoms with Crippen LogP contribution in [0, 0.1) is 0 Å². The molecular weight excluding hydrogens is 356 g/mol. The molecule has 1 aliphatic rings. The van der Waals surface area contributed by atoms with E-state index in [1.165, 1.54) is 5.56 Å². The Labute approximate surface area is 144 Å². The van der Waals surface area contributed by atoms with Crippen molar-refractivity contribution in [1.29, 1.82) is 0 Å². The van der Waals surface area contributed by atoms with Gasteiger partial charge in [0.05, 0.1) is 6.54 Å². The maximum absolute atomic E-state index is 10.8. The van der Waals surface area contributed by atoms with E-state index in [-0.39, 0.29) is 12.5 Å². The van der Waals surface area contributed by atoms with Gasteiger partial charge in [-0.05, 0) is 41.8 Å². The minimum absolute atomic E-state index is 0.245. The van der Waals surface area contributed by atoms with E-state index < -0.39 is 0 Å². The molecule has 1 unspecified atom stereocenters. The summed E-state index contributed by atoms with van der Waals surface area (Å²) in [5.74, 6) is 1.01. The highest BCUT2D eigenvalue weighted by molar-refractivity contribution is 9.10. The summed E-state index contributed by atoms with van der Waals surface area (Å²) in [7, 11) is 0. The smallest absolute Gasteiger partial charge is 0.231 e. The van der Waals surface area contributed by atoms with Gasteiger partial charge in [-0.15, -0.1) is 0 Å². The standard InChI is InChI=1S/C18H19BrN2O2/c19-14-3-1-2-12(8-14)11-23-15-6-4-13(5-7-15)16-9-17(16)21-10-18(20)22/h1-8,16-17,21H,9-11H2,(H2,20,22)/t16?,17-/m0/s1. The number of nitrogens with two attached hydrogens (primary N) is 1. The van der Waals surface area contributed by atoms with Crippen molar-refractivity contribution < 1.29 is 9.53 Å². The van der Waals surface area contributed by atoms with Gasteiger partial charge in [0.1, 0.15) is 12.4 Å². The minimum Gasteiger partial charge on any atom is -0.489 e. The Hall–Kier alpha value is -1.85. The topological polar surface area (TPSA) is 64.4 Å². The second-order valence-electron chi connectivity index (χ2n) is 5.78. The minimum atomic E-state index is -0.313. The Kier molecular flexibility index (Phi) is 4.98. The molecular formula is C18H19BrN2O2. The largest absolute Gasteiger partial charge is 0.489 e. The third kappa shape index (κ3) is 4.56. The van der Waals surface area contributed by atoms with Gasteiger partial charge < -0.3 is 15.8 Å². The van der Waals surface area contributed by atoms with Crippen LogP contribution in [0.4, 0.5) is 0 Å². The zero-order valence-corrected chi connectivity index (χ0v) is 14.3. The van der Waals surface area contributed by atoms with E-state index in [0.717, 1.165) is 22.2 Å². The number of benzene rings is 2. The van der Waals surface area contributed by atoms with Crippen molar-refractivity contribution in [3.63, 3.8) is 0 Å². The number of carbonyl (C=O) groups excluding carboxylic acids is 1. The molecule has 2 atom stereocenters. The summed E-state index contributed by atoms with van der Waals surface area (Å²) in [5.41, 5.74) is 7.53. The Morgan fingerprint density at radius 1 is 1.26 bits per heavy atom. The van der Waals surface area contributed by atoms with E-state index in [2.05, 4.69) is 33.4 Å². The van der Waals surface area contributed by atoms with Crippen molar-refractivity contribution >= 4 is 21.8 Å². The van der Waals surface area contributed by atoms with Crippen molar-refractivity contribution in [2.75, 3.05) is 6.54 Å². The van der Waals surface area contributed by atoms with Crippen LogP contribution < -0.4 is 15.8 Å². The molecule has 0 saturated heterocycles. The molecule has 0 radical (unpaired) electrons. The SMILES string of the molecule is NC(=O)CN[C@H]1CC1c1ccc(OCc2cccc(Br)c2)cc1. The first-order valence-electron chi connectivity index (χ1n) is 7.61. The first kappa shape index (κ1) is 16.0. The van der Waals surface area contributed by atoms with Gasteiger partial charge in [0, 0.05) is 16.4 Å². The zero-order chi connectivity index (χ0) is 16.2. The van der Waals surface area contributed by atoms with Gasteiger partial charge in [0.25, 0.3) is 0 Å². The number of rotatable bonds is 7. The van der Waals surface area contributed by atoms with Crippen LogP contribution in [0.5, 0.6) is 5.75 Å². The maximum Gasteiger partial charge on any atom is 0.231 e. The van der Waals surface area contributed by atoms with Crippen LogP contribution in [0.15, 0.2) is 53.0 Å². The van der Waals surface area contributed by atoms with Crippen LogP contribution in [-0.2, 0) is 11.4 Å². The molecule has 2 aromatic rings.